The number of likely N-dealkylation sites (tertiary alicyclic amines) is 1. The molecule has 1 aromatic carbocycles. The molecule has 12 heteroatoms. The number of benzene rings is 1. The zero-order valence-corrected chi connectivity index (χ0v) is 19.6. The Bertz CT molecular complexity index is 1210. The van der Waals surface area contributed by atoms with Gasteiger partial charge in [0.1, 0.15) is 18.1 Å². The molecule has 0 spiro atoms. The van der Waals surface area contributed by atoms with Crippen LogP contribution in [0, 0.1) is 18.6 Å². The van der Waals surface area contributed by atoms with E-state index in [2.05, 4.69) is 20.4 Å². The van der Waals surface area contributed by atoms with Gasteiger partial charge in [-0.05, 0) is 31.4 Å². The molecule has 1 aliphatic rings. The van der Waals surface area contributed by atoms with E-state index in [4.69, 9.17) is 9.47 Å². The molecule has 0 aliphatic carbocycles. The average molecular weight is 488 g/mol. The quantitative estimate of drug-likeness (QED) is 0.522. The number of aryl methyl sites for hydroxylation is 2. The summed E-state index contributed by atoms with van der Waals surface area (Å²) in [6.45, 7) is 2.12. The fourth-order valence-corrected chi connectivity index (χ4v) is 3.77. The van der Waals surface area contributed by atoms with Crippen molar-refractivity contribution in [2.75, 3.05) is 25.5 Å². The Balaban J connectivity index is 1.39. The van der Waals surface area contributed by atoms with Gasteiger partial charge in [0.2, 0.25) is 5.95 Å². The lowest BCUT2D eigenvalue weighted by molar-refractivity contribution is 0.0537. The van der Waals surface area contributed by atoms with Gasteiger partial charge in [-0.1, -0.05) is 0 Å². The molecular formula is C23H26F2N6O4. The summed E-state index contributed by atoms with van der Waals surface area (Å²) in [4.78, 5) is 22.7. The van der Waals surface area contributed by atoms with Gasteiger partial charge in [-0.2, -0.15) is 5.10 Å². The molecule has 1 amide bonds. The molecule has 3 aromatic rings. The molecule has 2 N–H and O–H groups in total. The van der Waals surface area contributed by atoms with Crippen molar-refractivity contribution in [1.82, 2.24) is 24.6 Å². The number of anilines is 2. The summed E-state index contributed by atoms with van der Waals surface area (Å²) in [5.74, 6) is -0.984. The van der Waals surface area contributed by atoms with Crippen LogP contribution in [0.3, 0.4) is 0 Å². The maximum Gasteiger partial charge on any atom is 0.272 e. The summed E-state index contributed by atoms with van der Waals surface area (Å²) < 4.78 is 40.6. The van der Waals surface area contributed by atoms with Gasteiger partial charge in [0.15, 0.2) is 23.1 Å². The highest BCUT2D eigenvalue weighted by atomic mass is 19.1. The van der Waals surface area contributed by atoms with E-state index >= 15 is 0 Å². The summed E-state index contributed by atoms with van der Waals surface area (Å²) in [6.07, 6.45) is 3.43. The predicted molar refractivity (Wildman–Crippen MR) is 122 cm³/mol. The van der Waals surface area contributed by atoms with E-state index in [9.17, 15) is 18.7 Å². The first kappa shape index (κ1) is 24.3. The van der Waals surface area contributed by atoms with Crippen LogP contribution in [-0.2, 0) is 13.7 Å². The third-order valence-corrected chi connectivity index (χ3v) is 5.76. The predicted octanol–water partition coefficient (Wildman–Crippen LogP) is 2.72. The number of piperidine rings is 1. The first-order chi connectivity index (χ1) is 16.8. The molecule has 4 rings (SSSR count). The molecule has 1 fully saturated rings. The standard InChI is InChI=1S/C23H26F2N6O4/c1-13-8-18(34-3)21(25)16(20(13)24)12-35-15-10-26-23(27-11-15)28-19-9-17(30(2)29-19)22(33)31-6-4-14(32)5-7-31/h8-11,14,32H,4-7,12H2,1-3H3,(H,26,27,28,29). The van der Waals surface area contributed by atoms with Gasteiger partial charge in [0.25, 0.3) is 5.91 Å². The molecular weight excluding hydrogens is 462 g/mol. The Labute approximate surface area is 200 Å². The number of hydrogen-bond acceptors (Lipinski definition) is 8. The lowest BCUT2D eigenvalue weighted by Crippen LogP contribution is -2.40. The van der Waals surface area contributed by atoms with Crippen molar-refractivity contribution in [3.05, 3.63) is 53.0 Å². The number of aliphatic hydroxyl groups is 1. The summed E-state index contributed by atoms with van der Waals surface area (Å²) in [7, 11) is 2.97. The molecule has 1 saturated heterocycles. The minimum absolute atomic E-state index is 0.0654. The number of methoxy groups -OCH3 is 1. The molecule has 1 aliphatic heterocycles. The van der Waals surface area contributed by atoms with E-state index in [0.717, 1.165) is 0 Å². The lowest BCUT2D eigenvalue weighted by Gasteiger charge is -2.29. The fourth-order valence-electron chi connectivity index (χ4n) is 3.77. The summed E-state index contributed by atoms with van der Waals surface area (Å²) in [6, 6.07) is 2.88. The van der Waals surface area contributed by atoms with E-state index in [0.29, 0.717) is 37.4 Å². The van der Waals surface area contributed by atoms with Gasteiger partial charge < -0.3 is 24.8 Å². The maximum absolute atomic E-state index is 14.4. The van der Waals surface area contributed by atoms with E-state index in [1.165, 1.54) is 37.2 Å². The number of carbonyl (C=O) groups excluding carboxylic acids is 1. The normalized spacial score (nSPS) is 14.2. The van der Waals surface area contributed by atoms with Gasteiger partial charge in [-0.3, -0.25) is 9.48 Å². The number of hydrogen-bond donors (Lipinski definition) is 2. The van der Waals surface area contributed by atoms with E-state index in [1.807, 2.05) is 0 Å². The highest BCUT2D eigenvalue weighted by molar-refractivity contribution is 5.93. The van der Waals surface area contributed by atoms with Crippen LogP contribution >= 0.6 is 0 Å². The largest absolute Gasteiger partial charge is 0.494 e. The molecule has 3 heterocycles. The average Bonchev–Trinajstić information content (AvgIpc) is 3.22. The van der Waals surface area contributed by atoms with Crippen LogP contribution in [0.4, 0.5) is 20.5 Å². The number of carbonyl (C=O) groups is 1. The number of nitrogens with zero attached hydrogens (tertiary/aromatic N) is 5. The maximum atomic E-state index is 14.4. The van der Waals surface area contributed by atoms with Gasteiger partial charge in [-0.25, -0.2) is 18.7 Å². The van der Waals surface area contributed by atoms with E-state index in [-0.39, 0.29) is 47.2 Å². The minimum Gasteiger partial charge on any atom is -0.494 e. The number of ether oxygens (including phenoxy) is 2. The monoisotopic (exact) mass is 488 g/mol. The zero-order chi connectivity index (χ0) is 25.1. The SMILES string of the molecule is COc1cc(C)c(F)c(COc2cnc(Nc3cc(C(=O)N4CCC(O)CC4)n(C)n3)nc2)c1F. The molecule has 0 radical (unpaired) electrons. The molecule has 0 unspecified atom stereocenters. The number of nitrogens with one attached hydrogen (secondary N) is 1. The van der Waals surface area contributed by atoms with Crippen LogP contribution in [0.25, 0.3) is 0 Å². The first-order valence-electron chi connectivity index (χ1n) is 11.0. The molecule has 2 aromatic heterocycles. The molecule has 0 bridgehead atoms. The van der Waals surface area contributed by atoms with Crippen LogP contribution in [0.2, 0.25) is 0 Å². The highest BCUT2D eigenvalue weighted by Gasteiger charge is 2.25. The van der Waals surface area contributed by atoms with Crippen molar-refractivity contribution in [2.45, 2.75) is 32.5 Å². The fraction of sp³-hybridized carbons (Fsp3) is 0.391. The van der Waals surface area contributed by atoms with Gasteiger partial charge in [-0.15, -0.1) is 0 Å². The van der Waals surface area contributed by atoms with E-state index < -0.39 is 11.6 Å². The number of aromatic nitrogens is 4. The van der Waals surface area contributed by atoms with Crippen molar-refractivity contribution < 1.29 is 28.2 Å². The first-order valence-corrected chi connectivity index (χ1v) is 11.0. The topological polar surface area (TPSA) is 115 Å². The second-order valence-corrected chi connectivity index (χ2v) is 8.22. The number of rotatable bonds is 7. The van der Waals surface area contributed by atoms with Crippen LogP contribution in [0.15, 0.2) is 24.5 Å². The Hall–Kier alpha value is -3.80. The Morgan fingerprint density at radius 2 is 1.89 bits per heavy atom. The third kappa shape index (κ3) is 5.32. The summed E-state index contributed by atoms with van der Waals surface area (Å²) in [5, 5.41) is 16.8. The van der Waals surface area contributed by atoms with Crippen molar-refractivity contribution in [2.24, 2.45) is 7.05 Å². The smallest absolute Gasteiger partial charge is 0.272 e. The lowest BCUT2D eigenvalue weighted by atomic mass is 10.1. The van der Waals surface area contributed by atoms with E-state index in [1.54, 1.807) is 18.0 Å². The minimum atomic E-state index is -0.823. The second kappa shape index (κ2) is 10.2. The molecule has 186 valence electrons. The molecule has 35 heavy (non-hydrogen) atoms. The van der Waals surface area contributed by atoms with Gasteiger partial charge in [0.05, 0.1) is 31.2 Å². The number of halogens is 2. The summed E-state index contributed by atoms with van der Waals surface area (Å²) in [5.41, 5.74) is 0.378. The van der Waals surface area contributed by atoms with Crippen molar-refractivity contribution in [3.8, 4) is 11.5 Å². The van der Waals surface area contributed by atoms with Crippen LogP contribution in [0.5, 0.6) is 11.5 Å². The van der Waals surface area contributed by atoms with Crippen LogP contribution in [-0.4, -0.2) is 62.0 Å². The molecule has 10 nitrogen and oxygen atoms in total. The van der Waals surface area contributed by atoms with Crippen molar-refractivity contribution in [3.63, 3.8) is 0 Å². The summed E-state index contributed by atoms with van der Waals surface area (Å²) >= 11 is 0. The van der Waals surface area contributed by atoms with Gasteiger partial charge >= 0.3 is 0 Å². The second-order valence-electron chi connectivity index (χ2n) is 8.22. The Morgan fingerprint density at radius 1 is 1.20 bits per heavy atom. The highest BCUT2D eigenvalue weighted by Crippen LogP contribution is 2.27. The van der Waals surface area contributed by atoms with Crippen LogP contribution < -0.4 is 14.8 Å². The Morgan fingerprint density at radius 3 is 2.54 bits per heavy atom. The molecule has 0 saturated carbocycles. The number of aliphatic hydroxyl groups excluding tert-OH is 1. The third-order valence-electron chi connectivity index (χ3n) is 5.76. The van der Waals surface area contributed by atoms with Gasteiger partial charge in [0, 0.05) is 26.2 Å². The number of amides is 1. The Kier molecular flexibility index (Phi) is 7.10. The molecule has 0 atom stereocenters. The van der Waals surface area contributed by atoms with Crippen molar-refractivity contribution >= 4 is 17.7 Å². The van der Waals surface area contributed by atoms with Crippen LogP contribution in [0.1, 0.15) is 34.5 Å². The van der Waals surface area contributed by atoms with Crippen molar-refractivity contribution in [1.29, 1.82) is 0 Å². The zero-order valence-electron chi connectivity index (χ0n) is 19.6.